The number of hydrogen-bond donors (Lipinski definition) is 1. The summed E-state index contributed by atoms with van der Waals surface area (Å²) in [4.78, 5) is 2.41. The van der Waals surface area contributed by atoms with Crippen LogP contribution >= 0.6 is 0 Å². The third kappa shape index (κ3) is 5.62. The quantitative estimate of drug-likeness (QED) is 0.427. The fraction of sp³-hybridized carbons (Fsp3) is 0.750. The van der Waals surface area contributed by atoms with Gasteiger partial charge < -0.3 is 0 Å². The lowest BCUT2D eigenvalue weighted by Gasteiger charge is -1.91. The first-order chi connectivity index (χ1) is 3.63. The summed E-state index contributed by atoms with van der Waals surface area (Å²) in [5, 5.41) is 3.69. The molecule has 8 heavy (non-hydrogen) atoms. The van der Waals surface area contributed by atoms with Crippen LogP contribution in [0.2, 0.25) is 0 Å². The van der Waals surface area contributed by atoms with Crippen molar-refractivity contribution in [2.45, 2.75) is 13.8 Å². The van der Waals surface area contributed by atoms with E-state index in [4.69, 9.17) is 0 Å². The molecule has 0 aliphatic carbocycles. The average Bonchev–Trinajstić information content (AvgIpc) is 1.61. The minimum absolute atomic E-state index is 0.875. The molecule has 0 amide bonds. The standard InChI is InChI=1S/C4H10N2OS/c1-4(2)5-6-8(3)7/h6H,1-3H3. The second-order valence-corrected chi connectivity index (χ2v) is 2.70. The van der Waals surface area contributed by atoms with Gasteiger partial charge in [-0.3, -0.25) is 0 Å². The van der Waals surface area contributed by atoms with Crippen LogP contribution in [0, 0.1) is 0 Å². The van der Waals surface area contributed by atoms with Gasteiger partial charge in [0.15, 0.2) is 0 Å². The fourth-order valence-corrected chi connectivity index (χ4v) is 0.467. The number of hydrazone groups is 1. The summed E-state index contributed by atoms with van der Waals surface area (Å²) in [7, 11) is -1.02. The largest absolute Gasteiger partial charge is 0.236 e. The zero-order chi connectivity index (χ0) is 6.57. The first-order valence-electron chi connectivity index (χ1n) is 2.23. The van der Waals surface area contributed by atoms with E-state index in [-0.39, 0.29) is 0 Å². The third-order valence-electron chi connectivity index (χ3n) is 0.398. The molecule has 0 aliphatic rings. The number of hydrogen-bond acceptors (Lipinski definition) is 2. The summed E-state index contributed by atoms with van der Waals surface area (Å²) in [6.07, 6.45) is 1.53. The fourth-order valence-electron chi connectivity index (χ4n) is 0.156. The Bertz CT molecular complexity index is 117. The number of rotatable bonds is 2. The minimum Gasteiger partial charge on any atom is -0.236 e. The molecule has 0 heterocycles. The van der Waals surface area contributed by atoms with Crippen molar-refractivity contribution in [3.05, 3.63) is 0 Å². The molecule has 48 valence electrons. The SMILES string of the molecule is CC(C)=NNS(C)=O. The van der Waals surface area contributed by atoms with E-state index in [1.54, 1.807) is 0 Å². The maximum atomic E-state index is 10.2. The second-order valence-electron chi connectivity index (χ2n) is 1.60. The van der Waals surface area contributed by atoms with Crippen LogP contribution in [0.3, 0.4) is 0 Å². The molecular formula is C4H10N2OS. The molecule has 0 aromatic heterocycles. The molecule has 0 aromatic rings. The van der Waals surface area contributed by atoms with Gasteiger partial charge in [0.25, 0.3) is 0 Å². The topological polar surface area (TPSA) is 41.5 Å². The van der Waals surface area contributed by atoms with E-state index in [9.17, 15) is 4.21 Å². The summed E-state index contributed by atoms with van der Waals surface area (Å²) in [5.41, 5.74) is 0.875. The molecule has 0 rings (SSSR count). The maximum absolute atomic E-state index is 10.2. The molecule has 1 N–H and O–H groups in total. The van der Waals surface area contributed by atoms with E-state index in [0.717, 1.165) is 5.71 Å². The van der Waals surface area contributed by atoms with Crippen LogP contribution in [0.5, 0.6) is 0 Å². The first-order valence-corrected chi connectivity index (χ1v) is 3.78. The molecule has 0 fully saturated rings. The highest BCUT2D eigenvalue weighted by Gasteiger charge is 1.79. The van der Waals surface area contributed by atoms with Gasteiger partial charge in [-0.1, -0.05) is 0 Å². The van der Waals surface area contributed by atoms with Crippen molar-refractivity contribution < 1.29 is 4.21 Å². The van der Waals surface area contributed by atoms with Crippen molar-refractivity contribution in [3.8, 4) is 0 Å². The van der Waals surface area contributed by atoms with Gasteiger partial charge in [0.05, 0.1) is 0 Å². The second kappa shape index (κ2) is 3.60. The Balaban J connectivity index is 3.45. The average molecular weight is 134 g/mol. The highest BCUT2D eigenvalue weighted by Crippen LogP contribution is 1.69. The van der Waals surface area contributed by atoms with E-state index < -0.39 is 11.0 Å². The smallest absolute Gasteiger partial charge is 0.129 e. The summed E-state index contributed by atoms with van der Waals surface area (Å²) in [6.45, 7) is 3.67. The van der Waals surface area contributed by atoms with Crippen molar-refractivity contribution in [1.82, 2.24) is 4.83 Å². The Labute approximate surface area is 51.8 Å². The molecule has 0 aromatic carbocycles. The highest BCUT2D eigenvalue weighted by atomic mass is 32.2. The van der Waals surface area contributed by atoms with Crippen LogP contribution in [0.4, 0.5) is 0 Å². The third-order valence-corrected chi connectivity index (χ3v) is 0.746. The number of nitrogens with one attached hydrogen (secondary N) is 1. The molecule has 0 aliphatic heterocycles. The molecule has 4 heteroatoms. The van der Waals surface area contributed by atoms with Crippen LogP contribution < -0.4 is 4.83 Å². The monoisotopic (exact) mass is 134 g/mol. The Morgan fingerprint density at radius 3 is 2.25 bits per heavy atom. The lowest BCUT2D eigenvalue weighted by atomic mass is 10.5. The van der Waals surface area contributed by atoms with Gasteiger partial charge in [-0.05, 0) is 13.8 Å². The molecule has 0 radical (unpaired) electrons. The normalized spacial score (nSPS) is 12.4. The first kappa shape index (κ1) is 7.62. The summed E-state index contributed by atoms with van der Waals surface area (Å²) >= 11 is 0. The molecule has 3 nitrogen and oxygen atoms in total. The molecule has 0 bridgehead atoms. The molecule has 1 atom stereocenters. The van der Waals surface area contributed by atoms with Gasteiger partial charge in [0.2, 0.25) is 0 Å². The lowest BCUT2D eigenvalue weighted by Crippen LogP contribution is -2.08. The van der Waals surface area contributed by atoms with Crippen LogP contribution in [-0.4, -0.2) is 16.2 Å². The Kier molecular flexibility index (Phi) is 3.43. The van der Waals surface area contributed by atoms with Crippen molar-refractivity contribution in [1.29, 1.82) is 0 Å². The van der Waals surface area contributed by atoms with Gasteiger partial charge in [-0.2, -0.15) is 5.10 Å². The molecule has 0 saturated heterocycles. The molecule has 0 saturated carbocycles. The Morgan fingerprint density at radius 1 is 1.62 bits per heavy atom. The van der Waals surface area contributed by atoms with Gasteiger partial charge in [-0.15, -0.1) is 0 Å². The van der Waals surface area contributed by atoms with Crippen LogP contribution in [0.1, 0.15) is 13.8 Å². The van der Waals surface area contributed by atoms with E-state index in [2.05, 4.69) is 9.93 Å². The van der Waals surface area contributed by atoms with Gasteiger partial charge in [0, 0.05) is 12.0 Å². The zero-order valence-corrected chi connectivity index (χ0v) is 6.08. The number of nitrogens with zero attached hydrogens (tertiary/aromatic N) is 1. The van der Waals surface area contributed by atoms with Gasteiger partial charge in [-0.25, -0.2) is 9.04 Å². The van der Waals surface area contributed by atoms with Crippen LogP contribution in [0.25, 0.3) is 0 Å². The van der Waals surface area contributed by atoms with Crippen molar-refractivity contribution in [3.63, 3.8) is 0 Å². The highest BCUT2D eigenvalue weighted by molar-refractivity contribution is 7.82. The van der Waals surface area contributed by atoms with E-state index >= 15 is 0 Å². The van der Waals surface area contributed by atoms with Gasteiger partial charge in [0.1, 0.15) is 11.0 Å². The van der Waals surface area contributed by atoms with Crippen molar-refractivity contribution >= 4 is 16.7 Å². The van der Waals surface area contributed by atoms with Crippen molar-refractivity contribution in [2.75, 3.05) is 6.26 Å². The minimum atomic E-state index is -1.02. The summed E-state index contributed by atoms with van der Waals surface area (Å²) in [6, 6.07) is 0. The predicted octanol–water partition coefficient (Wildman–Crippen LogP) is 0.265. The van der Waals surface area contributed by atoms with E-state index in [1.165, 1.54) is 6.26 Å². The lowest BCUT2D eigenvalue weighted by molar-refractivity contribution is 0.679. The van der Waals surface area contributed by atoms with E-state index in [0.29, 0.717) is 0 Å². The Hall–Kier alpha value is -0.380. The van der Waals surface area contributed by atoms with Crippen molar-refractivity contribution in [2.24, 2.45) is 5.10 Å². The van der Waals surface area contributed by atoms with Gasteiger partial charge >= 0.3 is 0 Å². The maximum Gasteiger partial charge on any atom is 0.129 e. The summed E-state index contributed by atoms with van der Waals surface area (Å²) < 4.78 is 10.2. The molecule has 0 spiro atoms. The predicted molar refractivity (Wildman–Crippen MR) is 36.0 cm³/mol. The molecule has 1 unspecified atom stereocenters. The molecular weight excluding hydrogens is 124 g/mol. The summed E-state index contributed by atoms with van der Waals surface area (Å²) in [5.74, 6) is 0. The zero-order valence-electron chi connectivity index (χ0n) is 5.26. The van der Waals surface area contributed by atoms with E-state index in [1.807, 2.05) is 13.8 Å². The Morgan fingerprint density at radius 2 is 2.12 bits per heavy atom. The van der Waals surface area contributed by atoms with Crippen LogP contribution in [-0.2, 0) is 11.0 Å². The van der Waals surface area contributed by atoms with Crippen LogP contribution in [0.15, 0.2) is 5.10 Å².